The van der Waals surface area contributed by atoms with E-state index in [4.69, 9.17) is 0 Å². The summed E-state index contributed by atoms with van der Waals surface area (Å²) < 4.78 is 0. The fourth-order valence-electron chi connectivity index (χ4n) is 2.55. The standard InChI is InChI=1S/C18H24N2/c1-4-10-20-18(17-9-6-11-19-15(17)3)13-16-8-5-7-14(2)12-16/h5-9,11-12,18,20H,4,10,13H2,1-3H3. The zero-order chi connectivity index (χ0) is 14.4. The van der Waals surface area contributed by atoms with Crippen molar-refractivity contribution in [1.29, 1.82) is 0 Å². The van der Waals surface area contributed by atoms with Gasteiger partial charge in [0.1, 0.15) is 0 Å². The van der Waals surface area contributed by atoms with E-state index >= 15 is 0 Å². The van der Waals surface area contributed by atoms with Gasteiger partial charge in [0.25, 0.3) is 0 Å². The van der Waals surface area contributed by atoms with E-state index in [2.05, 4.69) is 61.4 Å². The number of hydrogen-bond donors (Lipinski definition) is 1. The van der Waals surface area contributed by atoms with Crippen LogP contribution in [0.2, 0.25) is 0 Å². The second kappa shape index (κ2) is 7.20. The minimum absolute atomic E-state index is 0.338. The average Bonchev–Trinajstić information content (AvgIpc) is 2.44. The van der Waals surface area contributed by atoms with Gasteiger partial charge in [-0.2, -0.15) is 0 Å². The van der Waals surface area contributed by atoms with E-state index in [1.165, 1.54) is 16.7 Å². The van der Waals surface area contributed by atoms with Crippen molar-refractivity contribution >= 4 is 0 Å². The van der Waals surface area contributed by atoms with E-state index in [0.29, 0.717) is 6.04 Å². The van der Waals surface area contributed by atoms with Gasteiger partial charge in [-0.3, -0.25) is 4.98 Å². The third-order valence-electron chi connectivity index (χ3n) is 3.59. The summed E-state index contributed by atoms with van der Waals surface area (Å²) in [5.41, 5.74) is 5.12. The normalized spacial score (nSPS) is 12.3. The first-order valence-corrected chi connectivity index (χ1v) is 7.41. The maximum Gasteiger partial charge on any atom is 0.0420 e. The van der Waals surface area contributed by atoms with Gasteiger partial charge in [-0.05, 0) is 50.4 Å². The van der Waals surface area contributed by atoms with Crippen LogP contribution in [-0.2, 0) is 6.42 Å². The number of nitrogens with zero attached hydrogens (tertiary/aromatic N) is 1. The van der Waals surface area contributed by atoms with Gasteiger partial charge in [-0.15, -0.1) is 0 Å². The SMILES string of the molecule is CCCNC(Cc1cccc(C)c1)c1cccnc1C. The monoisotopic (exact) mass is 268 g/mol. The summed E-state index contributed by atoms with van der Waals surface area (Å²) in [6.07, 6.45) is 4.01. The van der Waals surface area contributed by atoms with Gasteiger partial charge in [0.15, 0.2) is 0 Å². The molecule has 1 N–H and O–H groups in total. The molecule has 0 fully saturated rings. The van der Waals surface area contributed by atoms with Crippen molar-refractivity contribution in [2.24, 2.45) is 0 Å². The summed E-state index contributed by atoms with van der Waals surface area (Å²) >= 11 is 0. The molecule has 0 saturated heterocycles. The van der Waals surface area contributed by atoms with Gasteiger partial charge in [0, 0.05) is 17.9 Å². The van der Waals surface area contributed by atoms with E-state index in [1.54, 1.807) is 0 Å². The highest BCUT2D eigenvalue weighted by Gasteiger charge is 2.14. The number of benzene rings is 1. The fourth-order valence-corrected chi connectivity index (χ4v) is 2.55. The van der Waals surface area contributed by atoms with E-state index < -0.39 is 0 Å². The summed E-state index contributed by atoms with van der Waals surface area (Å²) in [6, 6.07) is 13.3. The highest BCUT2D eigenvalue weighted by Crippen LogP contribution is 2.21. The molecule has 106 valence electrons. The molecule has 0 aliphatic heterocycles. The number of pyridine rings is 1. The van der Waals surface area contributed by atoms with Crippen LogP contribution in [0.3, 0.4) is 0 Å². The largest absolute Gasteiger partial charge is 0.310 e. The zero-order valence-corrected chi connectivity index (χ0v) is 12.7. The Balaban J connectivity index is 2.22. The first kappa shape index (κ1) is 14.7. The Bertz CT molecular complexity index is 549. The van der Waals surface area contributed by atoms with E-state index in [1.807, 2.05) is 12.3 Å². The second-order valence-corrected chi connectivity index (χ2v) is 5.38. The second-order valence-electron chi connectivity index (χ2n) is 5.38. The lowest BCUT2D eigenvalue weighted by atomic mass is 9.97. The van der Waals surface area contributed by atoms with Gasteiger partial charge in [-0.1, -0.05) is 42.8 Å². The lowest BCUT2D eigenvalue weighted by molar-refractivity contribution is 0.525. The predicted molar refractivity (Wildman–Crippen MR) is 84.9 cm³/mol. The quantitative estimate of drug-likeness (QED) is 0.857. The molecule has 20 heavy (non-hydrogen) atoms. The molecule has 0 aliphatic carbocycles. The van der Waals surface area contributed by atoms with E-state index in [-0.39, 0.29) is 0 Å². The molecule has 2 nitrogen and oxygen atoms in total. The van der Waals surface area contributed by atoms with Crippen molar-refractivity contribution < 1.29 is 0 Å². The molecule has 1 atom stereocenters. The smallest absolute Gasteiger partial charge is 0.0420 e. The lowest BCUT2D eigenvalue weighted by Gasteiger charge is -2.20. The third kappa shape index (κ3) is 3.91. The number of nitrogens with one attached hydrogen (secondary N) is 1. The van der Waals surface area contributed by atoms with Gasteiger partial charge < -0.3 is 5.32 Å². The molecule has 1 aromatic carbocycles. The number of aryl methyl sites for hydroxylation is 2. The van der Waals surface area contributed by atoms with E-state index in [9.17, 15) is 0 Å². The molecule has 0 radical (unpaired) electrons. The Hall–Kier alpha value is -1.67. The van der Waals surface area contributed by atoms with E-state index in [0.717, 1.165) is 25.1 Å². The van der Waals surface area contributed by atoms with Crippen molar-refractivity contribution in [3.63, 3.8) is 0 Å². The van der Waals surface area contributed by atoms with Gasteiger partial charge in [0.05, 0.1) is 0 Å². The topological polar surface area (TPSA) is 24.9 Å². The van der Waals surface area contributed by atoms with Gasteiger partial charge >= 0.3 is 0 Å². The van der Waals surface area contributed by atoms with Crippen LogP contribution in [0.25, 0.3) is 0 Å². The van der Waals surface area contributed by atoms with Crippen LogP contribution in [0, 0.1) is 13.8 Å². The summed E-state index contributed by atoms with van der Waals surface area (Å²) in [7, 11) is 0. The maximum absolute atomic E-state index is 4.43. The molecule has 0 aliphatic rings. The lowest BCUT2D eigenvalue weighted by Crippen LogP contribution is -2.25. The number of hydrogen-bond acceptors (Lipinski definition) is 2. The van der Waals surface area contributed by atoms with Crippen LogP contribution >= 0.6 is 0 Å². The Kier molecular flexibility index (Phi) is 5.31. The van der Waals surface area contributed by atoms with Crippen molar-refractivity contribution in [1.82, 2.24) is 10.3 Å². The first-order valence-electron chi connectivity index (χ1n) is 7.41. The molecule has 0 amide bonds. The number of aromatic nitrogens is 1. The van der Waals surface area contributed by atoms with Gasteiger partial charge in [0.2, 0.25) is 0 Å². The number of rotatable bonds is 6. The van der Waals surface area contributed by atoms with Crippen LogP contribution in [0.1, 0.15) is 41.8 Å². The van der Waals surface area contributed by atoms with Crippen LogP contribution in [-0.4, -0.2) is 11.5 Å². The molecule has 2 rings (SSSR count). The highest BCUT2D eigenvalue weighted by atomic mass is 14.9. The summed E-state index contributed by atoms with van der Waals surface area (Å²) in [5.74, 6) is 0. The molecule has 0 bridgehead atoms. The molecule has 2 heteroatoms. The Morgan fingerprint density at radius 3 is 2.70 bits per heavy atom. The Labute approximate surface area is 122 Å². The Morgan fingerprint density at radius 1 is 1.15 bits per heavy atom. The minimum atomic E-state index is 0.338. The average molecular weight is 268 g/mol. The summed E-state index contributed by atoms with van der Waals surface area (Å²) in [4.78, 5) is 4.43. The van der Waals surface area contributed by atoms with Crippen LogP contribution in [0.4, 0.5) is 0 Å². The zero-order valence-electron chi connectivity index (χ0n) is 12.7. The summed E-state index contributed by atoms with van der Waals surface area (Å²) in [6.45, 7) is 7.47. The molecule has 0 spiro atoms. The highest BCUT2D eigenvalue weighted by molar-refractivity contribution is 5.28. The van der Waals surface area contributed by atoms with Crippen LogP contribution in [0.15, 0.2) is 42.6 Å². The molecular weight excluding hydrogens is 244 g/mol. The van der Waals surface area contributed by atoms with Crippen molar-refractivity contribution in [2.45, 2.75) is 39.7 Å². The predicted octanol–water partition coefficient (Wildman–Crippen LogP) is 3.98. The first-order chi connectivity index (χ1) is 9.70. The summed E-state index contributed by atoms with van der Waals surface area (Å²) in [5, 5.41) is 3.65. The van der Waals surface area contributed by atoms with Crippen LogP contribution in [0.5, 0.6) is 0 Å². The van der Waals surface area contributed by atoms with Crippen molar-refractivity contribution in [3.8, 4) is 0 Å². The minimum Gasteiger partial charge on any atom is -0.310 e. The molecule has 2 aromatic rings. The molecule has 1 unspecified atom stereocenters. The Morgan fingerprint density at radius 2 is 2.00 bits per heavy atom. The maximum atomic E-state index is 4.43. The molecular formula is C18H24N2. The van der Waals surface area contributed by atoms with Crippen molar-refractivity contribution in [3.05, 3.63) is 65.0 Å². The van der Waals surface area contributed by atoms with Crippen molar-refractivity contribution in [2.75, 3.05) is 6.54 Å². The molecule has 1 heterocycles. The van der Waals surface area contributed by atoms with Crippen LogP contribution < -0.4 is 5.32 Å². The molecule has 1 aromatic heterocycles. The fraction of sp³-hybridized carbons (Fsp3) is 0.389. The third-order valence-corrected chi connectivity index (χ3v) is 3.59. The van der Waals surface area contributed by atoms with Gasteiger partial charge in [-0.25, -0.2) is 0 Å². The molecule has 0 saturated carbocycles.